The second-order valence-electron chi connectivity index (χ2n) is 8.54. The summed E-state index contributed by atoms with van der Waals surface area (Å²) in [7, 11) is 3.84. The SMILES string of the molecule is CN(C)c1ncc(-c2cccc(F)c2)c([C@@H]2CCCN(CC(=O)N3CCCC3)C2)n1. The first kappa shape index (κ1) is 20.7. The number of rotatable bonds is 5. The lowest BCUT2D eigenvalue weighted by Crippen LogP contribution is -2.43. The second kappa shape index (κ2) is 9.08. The van der Waals surface area contributed by atoms with Crippen LogP contribution in [0.25, 0.3) is 11.1 Å². The number of hydrogen-bond acceptors (Lipinski definition) is 5. The topological polar surface area (TPSA) is 52.6 Å². The average molecular weight is 412 g/mol. The number of halogens is 1. The van der Waals surface area contributed by atoms with Crippen LogP contribution < -0.4 is 4.90 Å². The summed E-state index contributed by atoms with van der Waals surface area (Å²) in [6.45, 7) is 3.95. The molecule has 6 nitrogen and oxygen atoms in total. The summed E-state index contributed by atoms with van der Waals surface area (Å²) < 4.78 is 13.9. The van der Waals surface area contributed by atoms with Crippen molar-refractivity contribution < 1.29 is 9.18 Å². The molecule has 1 atom stereocenters. The van der Waals surface area contributed by atoms with Gasteiger partial charge in [-0.1, -0.05) is 12.1 Å². The van der Waals surface area contributed by atoms with Gasteiger partial charge in [-0.15, -0.1) is 0 Å². The van der Waals surface area contributed by atoms with Crippen molar-refractivity contribution in [3.8, 4) is 11.1 Å². The van der Waals surface area contributed by atoms with Crippen molar-refractivity contribution in [3.05, 3.63) is 42.0 Å². The fourth-order valence-corrected chi connectivity index (χ4v) is 4.47. The van der Waals surface area contributed by atoms with E-state index in [2.05, 4.69) is 9.88 Å². The number of aromatic nitrogens is 2. The van der Waals surface area contributed by atoms with Gasteiger partial charge in [-0.25, -0.2) is 14.4 Å². The van der Waals surface area contributed by atoms with Crippen molar-refractivity contribution in [3.63, 3.8) is 0 Å². The Kier molecular flexibility index (Phi) is 6.27. The zero-order chi connectivity index (χ0) is 21.1. The van der Waals surface area contributed by atoms with Gasteiger partial charge < -0.3 is 9.80 Å². The largest absolute Gasteiger partial charge is 0.347 e. The smallest absolute Gasteiger partial charge is 0.236 e. The van der Waals surface area contributed by atoms with E-state index in [0.29, 0.717) is 12.5 Å². The molecule has 30 heavy (non-hydrogen) atoms. The van der Waals surface area contributed by atoms with Crippen LogP contribution in [0.2, 0.25) is 0 Å². The van der Waals surface area contributed by atoms with Crippen LogP contribution in [-0.2, 0) is 4.79 Å². The molecule has 1 amide bonds. The van der Waals surface area contributed by atoms with E-state index in [1.165, 1.54) is 12.1 Å². The number of hydrogen-bond donors (Lipinski definition) is 0. The van der Waals surface area contributed by atoms with Crippen LogP contribution >= 0.6 is 0 Å². The van der Waals surface area contributed by atoms with Gasteiger partial charge in [0.25, 0.3) is 0 Å². The molecule has 0 radical (unpaired) electrons. The molecule has 2 fully saturated rings. The molecule has 4 rings (SSSR count). The summed E-state index contributed by atoms with van der Waals surface area (Å²) in [6, 6.07) is 6.61. The first-order valence-electron chi connectivity index (χ1n) is 10.8. The number of anilines is 1. The van der Waals surface area contributed by atoms with Gasteiger partial charge in [0.05, 0.1) is 12.2 Å². The lowest BCUT2D eigenvalue weighted by atomic mass is 9.90. The summed E-state index contributed by atoms with van der Waals surface area (Å²) in [5, 5.41) is 0. The molecule has 2 aliphatic rings. The molecule has 0 bridgehead atoms. The second-order valence-corrected chi connectivity index (χ2v) is 8.54. The number of amides is 1. The van der Waals surface area contributed by atoms with Crippen LogP contribution in [0.5, 0.6) is 0 Å². The van der Waals surface area contributed by atoms with E-state index in [1.807, 2.05) is 30.0 Å². The Balaban J connectivity index is 1.59. The lowest BCUT2D eigenvalue weighted by Gasteiger charge is -2.34. The zero-order valence-electron chi connectivity index (χ0n) is 17.9. The minimum atomic E-state index is -0.267. The minimum absolute atomic E-state index is 0.185. The third-order valence-corrected chi connectivity index (χ3v) is 6.05. The van der Waals surface area contributed by atoms with Crippen molar-refractivity contribution in [2.24, 2.45) is 0 Å². The quantitative estimate of drug-likeness (QED) is 0.757. The number of piperidine rings is 1. The highest BCUT2D eigenvalue weighted by Crippen LogP contribution is 2.34. The zero-order valence-corrected chi connectivity index (χ0v) is 17.9. The van der Waals surface area contributed by atoms with Gasteiger partial charge in [0, 0.05) is 51.4 Å². The van der Waals surface area contributed by atoms with Crippen LogP contribution in [0.15, 0.2) is 30.5 Å². The van der Waals surface area contributed by atoms with Gasteiger partial charge in [-0.3, -0.25) is 9.69 Å². The Hall–Kier alpha value is -2.54. The molecule has 3 heterocycles. The van der Waals surface area contributed by atoms with Crippen molar-refractivity contribution in [1.82, 2.24) is 19.8 Å². The average Bonchev–Trinajstić information content (AvgIpc) is 3.28. The van der Waals surface area contributed by atoms with Gasteiger partial charge in [0.2, 0.25) is 11.9 Å². The monoisotopic (exact) mass is 411 g/mol. The van der Waals surface area contributed by atoms with Crippen molar-refractivity contribution >= 4 is 11.9 Å². The van der Waals surface area contributed by atoms with Gasteiger partial charge in [-0.2, -0.15) is 0 Å². The number of likely N-dealkylation sites (tertiary alicyclic amines) is 2. The molecule has 7 heteroatoms. The maximum atomic E-state index is 13.9. The fraction of sp³-hybridized carbons (Fsp3) is 0.522. The van der Waals surface area contributed by atoms with Gasteiger partial charge >= 0.3 is 0 Å². The number of carbonyl (C=O) groups is 1. The Bertz CT molecular complexity index is 897. The molecule has 2 aliphatic heterocycles. The maximum absolute atomic E-state index is 13.9. The van der Waals surface area contributed by atoms with Crippen molar-refractivity contribution in [1.29, 1.82) is 0 Å². The maximum Gasteiger partial charge on any atom is 0.236 e. The summed E-state index contributed by atoms with van der Waals surface area (Å²) in [4.78, 5) is 28.1. The van der Waals surface area contributed by atoms with E-state index in [0.717, 1.165) is 68.7 Å². The van der Waals surface area contributed by atoms with Gasteiger partial charge in [0.1, 0.15) is 5.82 Å². The summed E-state index contributed by atoms with van der Waals surface area (Å²) in [6.07, 6.45) is 6.04. The molecular weight excluding hydrogens is 381 g/mol. The molecule has 0 unspecified atom stereocenters. The molecule has 0 saturated carbocycles. The van der Waals surface area contributed by atoms with E-state index >= 15 is 0 Å². The predicted octanol–water partition coefficient (Wildman–Crippen LogP) is 3.15. The Morgan fingerprint density at radius 2 is 2.00 bits per heavy atom. The number of nitrogens with zero attached hydrogens (tertiary/aromatic N) is 5. The van der Waals surface area contributed by atoms with E-state index < -0.39 is 0 Å². The number of carbonyl (C=O) groups excluding carboxylic acids is 1. The number of benzene rings is 1. The van der Waals surface area contributed by atoms with Crippen molar-refractivity contribution in [2.75, 3.05) is 51.7 Å². The van der Waals surface area contributed by atoms with Crippen LogP contribution in [0.3, 0.4) is 0 Å². The summed E-state index contributed by atoms with van der Waals surface area (Å²) in [5.74, 6) is 0.798. The normalized spacial score (nSPS) is 19.8. The van der Waals surface area contributed by atoms with Crippen LogP contribution in [0.1, 0.15) is 37.3 Å². The molecule has 1 aromatic heterocycles. The molecule has 0 spiro atoms. The fourth-order valence-electron chi connectivity index (χ4n) is 4.47. The first-order chi connectivity index (χ1) is 14.5. The molecule has 0 aliphatic carbocycles. The molecule has 2 aromatic rings. The molecule has 160 valence electrons. The molecule has 0 N–H and O–H groups in total. The Morgan fingerprint density at radius 3 is 2.73 bits per heavy atom. The van der Waals surface area contributed by atoms with Crippen LogP contribution in [0, 0.1) is 5.82 Å². The van der Waals surface area contributed by atoms with Crippen molar-refractivity contribution in [2.45, 2.75) is 31.6 Å². The minimum Gasteiger partial charge on any atom is -0.347 e. The highest BCUT2D eigenvalue weighted by molar-refractivity contribution is 5.78. The van der Waals surface area contributed by atoms with Crippen LogP contribution in [0.4, 0.5) is 10.3 Å². The first-order valence-corrected chi connectivity index (χ1v) is 10.8. The highest BCUT2D eigenvalue weighted by atomic mass is 19.1. The third-order valence-electron chi connectivity index (χ3n) is 6.05. The highest BCUT2D eigenvalue weighted by Gasteiger charge is 2.28. The standard InChI is InChI=1S/C23H30FN5O/c1-27(2)23-25-14-20(17-7-5-9-19(24)13-17)22(26-23)18-8-6-10-28(15-18)16-21(30)29-11-3-4-12-29/h5,7,9,13-14,18H,3-4,6,8,10-12,15-16H2,1-2H3/t18-/m1/s1. The van der Waals surface area contributed by atoms with E-state index in [1.54, 1.807) is 12.3 Å². The molecule has 2 saturated heterocycles. The summed E-state index contributed by atoms with van der Waals surface area (Å²) in [5.41, 5.74) is 2.61. The molecular formula is C23H30FN5O. The van der Waals surface area contributed by atoms with E-state index in [9.17, 15) is 9.18 Å². The van der Waals surface area contributed by atoms with Crippen LogP contribution in [-0.4, -0.2) is 72.5 Å². The third kappa shape index (κ3) is 4.61. The molecule has 1 aromatic carbocycles. The summed E-state index contributed by atoms with van der Waals surface area (Å²) >= 11 is 0. The Labute approximate surface area is 177 Å². The van der Waals surface area contributed by atoms with Gasteiger partial charge in [-0.05, 0) is 49.9 Å². The van der Waals surface area contributed by atoms with E-state index in [4.69, 9.17) is 4.98 Å². The lowest BCUT2D eigenvalue weighted by molar-refractivity contribution is -0.131. The van der Waals surface area contributed by atoms with E-state index in [-0.39, 0.29) is 17.6 Å². The van der Waals surface area contributed by atoms with Gasteiger partial charge in [0.15, 0.2) is 0 Å². The predicted molar refractivity (Wildman–Crippen MR) is 116 cm³/mol. The Morgan fingerprint density at radius 1 is 1.20 bits per heavy atom.